The Kier molecular flexibility index (Phi) is 5.03. The topological polar surface area (TPSA) is 18.5 Å². The van der Waals surface area contributed by atoms with Crippen molar-refractivity contribution in [3.8, 4) is 28.0 Å². The zero-order chi connectivity index (χ0) is 17.8. The van der Waals surface area contributed by atoms with Crippen molar-refractivity contribution in [3.63, 3.8) is 0 Å². The summed E-state index contributed by atoms with van der Waals surface area (Å²) in [5, 5.41) is 0. The van der Waals surface area contributed by atoms with Gasteiger partial charge in [-0.05, 0) is 48.6 Å². The third kappa shape index (κ3) is 3.81. The van der Waals surface area contributed by atoms with E-state index in [-0.39, 0.29) is 6.29 Å². The van der Waals surface area contributed by atoms with Gasteiger partial charge in [0.05, 0.1) is 6.61 Å². The van der Waals surface area contributed by atoms with E-state index in [1.54, 1.807) is 0 Å². The van der Waals surface area contributed by atoms with Crippen molar-refractivity contribution in [2.75, 3.05) is 6.61 Å². The van der Waals surface area contributed by atoms with Gasteiger partial charge < -0.3 is 9.47 Å². The van der Waals surface area contributed by atoms with Crippen LogP contribution in [-0.4, -0.2) is 12.9 Å². The summed E-state index contributed by atoms with van der Waals surface area (Å²) in [6.07, 6.45) is 3.12. The van der Waals surface area contributed by atoms with Crippen molar-refractivity contribution in [3.05, 3.63) is 78.4 Å². The molecular formula is C24H24O2. The van der Waals surface area contributed by atoms with E-state index >= 15 is 0 Å². The van der Waals surface area contributed by atoms with Gasteiger partial charge in [-0.15, -0.1) is 0 Å². The molecule has 3 aromatic carbocycles. The maximum atomic E-state index is 6.19. The molecule has 2 nitrogen and oxygen atoms in total. The van der Waals surface area contributed by atoms with Gasteiger partial charge in [0, 0.05) is 12.0 Å². The molecular weight excluding hydrogens is 320 g/mol. The van der Waals surface area contributed by atoms with Gasteiger partial charge in [-0.1, -0.05) is 66.2 Å². The monoisotopic (exact) mass is 344 g/mol. The summed E-state index contributed by atoms with van der Waals surface area (Å²) in [6, 6.07) is 25.5. The molecule has 0 amide bonds. The van der Waals surface area contributed by atoms with E-state index in [1.807, 2.05) is 6.07 Å². The number of benzene rings is 3. The van der Waals surface area contributed by atoms with Gasteiger partial charge >= 0.3 is 0 Å². The van der Waals surface area contributed by atoms with Crippen molar-refractivity contribution in [1.29, 1.82) is 0 Å². The smallest absolute Gasteiger partial charge is 0.199 e. The van der Waals surface area contributed by atoms with E-state index < -0.39 is 0 Å². The molecule has 26 heavy (non-hydrogen) atoms. The maximum absolute atomic E-state index is 6.19. The molecule has 1 heterocycles. The molecule has 0 saturated carbocycles. The molecule has 1 fully saturated rings. The van der Waals surface area contributed by atoms with Gasteiger partial charge in [0.2, 0.25) is 0 Å². The first-order valence-corrected chi connectivity index (χ1v) is 9.34. The molecule has 4 rings (SSSR count). The van der Waals surface area contributed by atoms with Crippen LogP contribution in [0.25, 0.3) is 22.3 Å². The molecule has 0 aliphatic carbocycles. The third-order valence-corrected chi connectivity index (χ3v) is 4.83. The Morgan fingerprint density at radius 3 is 2.27 bits per heavy atom. The van der Waals surface area contributed by atoms with Gasteiger partial charge in [-0.2, -0.15) is 0 Å². The molecule has 1 aliphatic rings. The largest absolute Gasteiger partial charge is 0.464 e. The summed E-state index contributed by atoms with van der Waals surface area (Å²) in [7, 11) is 0. The van der Waals surface area contributed by atoms with Gasteiger partial charge in [0.15, 0.2) is 6.29 Å². The quantitative estimate of drug-likeness (QED) is 0.558. The first kappa shape index (κ1) is 16.9. The molecule has 1 atom stereocenters. The van der Waals surface area contributed by atoms with Crippen LogP contribution in [-0.2, 0) is 4.74 Å². The first-order chi connectivity index (χ1) is 12.8. The Hall–Kier alpha value is -2.58. The number of aryl methyl sites for hydroxylation is 1. The molecule has 1 saturated heterocycles. The fraction of sp³-hybridized carbons (Fsp3) is 0.250. The van der Waals surface area contributed by atoms with Gasteiger partial charge in [-0.3, -0.25) is 0 Å². The van der Waals surface area contributed by atoms with E-state index in [9.17, 15) is 0 Å². The molecule has 0 N–H and O–H groups in total. The lowest BCUT2D eigenvalue weighted by Crippen LogP contribution is -2.25. The highest BCUT2D eigenvalue weighted by Gasteiger charge is 2.17. The van der Waals surface area contributed by atoms with E-state index in [4.69, 9.17) is 9.47 Å². The van der Waals surface area contributed by atoms with Crippen molar-refractivity contribution in [2.24, 2.45) is 0 Å². The SMILES string of the molecule is Cc1ccc(OC2CCCCO2)c(-c2ccc(-c3ccccc3)cc2)c1. The standard InChI is InChI=1S/C24H24O2/c1-18-10-15-23(26-24-9-5-6-16-25-24)22(17-18)21-13-11-20(12-14-21)19-7-3-2-4-8-19/h2-4,7-8,10-15,17,24H,5-6,9,16H2,1H3. The predicted molar refractivity (Wildman–Crippen MR) is 106 cm³/mol. The molecule has 0 bridgehead atoms. The van der Waals surface area contributed by atoms with Crippen LogP contribution < -0.4 is 4.74 Å². The second-order valence-electron chi connectivity index (χ2n) is 6.86. The summed E-state index contributed by atoms with van der Waals surface area (Å²) >= 11 is 0. The van der Waals surface area contributed by atoms with Crippen LogP contribution >= 0.6 is 0 Å². The maximum Gasteiger partial charge on any atom is 0.199 e. The molecule has 132 valence electrons. The highest BCUT2D eigenvalue weighted by atomic mass is 16.7. The summed E-state index contributed by atoms with van der Waals surface area (Å²) in [6.45, 7) is 2.90. The Labute approximate surface area is 155 Å². The zero-order valence-electron chi connectivity index (χ0n) is 15.2. The molecule has 0 radical (unpaired) electrons. The fourth-order valence-electron chi connectivity index (χ4n) is 3.39. The second-order valence-corrected chi connectivity index (χ2v) is 6.86. The minimum Gasteiger partial charge on any atom is -0.464 e. The van der Waals surface area contributed by atoms with Crippen molar-refractivity contribution >= 4 is 0 Å². The van der Waals surface area contributed by atoms with Gasteiger partial charge in [-0.25, -0.2) is 0 Å². The molecule has 2 heteroatoms. The van der Waals surface area contributed by atoms with E-state index in [2.05, 4.69) is 73.7 Å². The number of rotatable bonds is 4. The van der Waals surface area contributed by atoms with Crippen LogP contribution in [0, 0.1) is 6.92 Å². The van der Waals surface area contributed by atoms with Crippen LogP contribution in [0.4, 0.5) is 0 Å². The number of ether oxygens (including phenoxy) is 2. The molecule has 3 aromatic rings. The van der Waals surface area contributed by atoms with Crippen molar-refractivity contribution in [1.82, 2.24) is 0 Å². The molecule has 0 aromatic heterocycles. The number of hydrogen-bond donors (Lipinski definition) is 0. The molecule has 1 unspecified atom stereocenters. The van der Waals surface area contributed by atoms with Crippen LogP contribution in [0.1, 0.15) is 24.8 Å². The van der Waals surface area contributed by atoms with Crippen LogP contribution in [0.3, 0.4) is 0 Å². The summed E-state index contributed by atoms with van der Waals surface area (Å²) in [5.74, 6) is 0.898. The van der Waals surface area contributed by atoms with Crippen LogP contribution in [0.15, 0.2) is 72.8 Å². The Balaban J connectivity index is 1.63. The van der Waals surface area contributed by atoms with Gasteiger partial charge in [0.1, 0.15) is 5.75 Å². The lowest BCUT2D eigenvalue weighted by Gasteiger charge is -2.25. The van der Waals surface area contributed by atoms with Crippen LogP contribution in [0.5, 0.6) is 5.75 Å². The lowest BCUT2D eigenvalue weighted by molar-refractivity contribution is -0.105. The number of hydrogen-bond acceptors (Lipinski definition) is 2. The zero-order valence-corrected chi connectivity index (χ0v) is 15.2. The third-order valence-electron chi connectivity index (χ3n) is 4.83. The molecule has 1 aliphatic heterocycles. The van der Waals surface area contributed by atoms with E-state index in [1.165, 1.54) is 22.3 Å². The summed E-state index contributed by atoms with van der Waals surface area (Å²) in [5.41, 5.74) is 5.97. The minimum absolute atomic E-state index is 0.131. The second kappa shape index (κ2) is 7.76. The van der Waals surface area contributed by atoms with Crippen LogP contribution in [0.2, 0.25) is 0 Å². The predicted octanol–water partition coefficient (Wildman–Crippen LogP) is 6.23. The van der Waals surface area contributed by atoms with Gasteiger partial charge in [0.25, 0.3) is 0 Å². The Morgan fingerprint density at radius 2 is 1.54 bits per heavy atom. The Morgan fingerprint density at radius 1 is 0.808 bits per heavy atom. The summed E-state index contributed by atoms with van der Waals surface area (Å²) < 4.78 is 11.9. The summed E-state index contributed by atoms with van der Waals surface area (Å²) in [4.78, 5) is 0. The highest BCUT2D eigenvalue weighted by Crippen LogP contribution is 2.34. The van der Waals surface area contributed by atoms with E-state index in [0.29, 0.717) is 0 Å². The highest BCUT2D eigenvalue weighted by molar-refractivity contribution is 5.74. The average molecular weight is 344 g/mol. The lowest BCUT2D eigenvalue weighted by atomic mass is 9.98. The van der Waals surface area contributed by atoms with Crippen molar-refractivity contribution < 1.29 is 9.47 Å². The van der Waals surface area contributed by atoms with Crippen molar-refractivity contribution in [2.45, 2.75) is 32.5 Å². The molecule has 0 spiro atoms. The minimum atomic E-state index is -0.131. The normalized spacial score (nSPS) is 17.0. The fourth-order valence-corrected chi connectivity index (χ4v) is 3.39. The van der Waals surface area contributed by atoms with E-state index in [0.717, 1.165) is 37.2 Å². The average Bonchev–Trinajstić information content (AvgIpc) is 2.71. The Bertz CT molecular complexity index is 847. The first-order valence-electron chi connectivity index (χ1n) is 9.34.